The van der Waals surface area contributed by atoms with Crippen molar-refractivity contribution in [1.29, 1.82) is 0 Å². The Morgan fingerprint density at radius 3 is 2.53 bits per heavy atom. The number of nitrogens with two attached hydrogens (primary N) is 1. The molecule has 0 aliphatic heterocycles. The zero-order valence-corrected chi connectivity index (χ0v) is 8.90. The van der Waals surface area contributed by atoms with Gasteiger partial charge in [-0.2, -0.15) is 0 Å². The maximum atomic E-state index is 9.74. The van der Waals surface area contributed by atoms with Gasteiger partial charge in [-0.1, -0.05) is 6.07 Å². The quantitative estimate of drug-likeness (QED) is 0.700. The Kier molecular flexibility index (Phi) is 4.77. The summed E-state index contributed by atoms with van der Waals surface area (Å²) < 4.78 is 10.6. The lowest BCUT2D eigenvalue weighted by molar-refractivity contribution is 0.278. The summed E-state index contributed by atoms with van der Waals surface area (Å²) in [6, 6.07) is 5.19. The first-order chi connectivity index (χ1) is 7.29. The molecule has 1 aromatic rings. The zero-order chi connectivity index (χ0) is 11.1. The van der Waals surface area contributed by atoms with Crippen molar-refractivity contribution in [3.8, 4) is 17.2 Å². The van der Waals surface area contributed by atoms with E-state index < -0.39 is 0 Å². The van der Waals surface area contributed by atoms with Gasteiger partial charge in [0, 0.05) is 0 Å². The van der Waals surface area contributed by atoms with Gasteiger partial charge in [-0.3, -0.25) is 0 Å². The largest absolute Gasteiger partial charge is 0.502 e. The first kappa shape index (κ1) is 11.7. The van der Waals surface area contributed by atoms with Gasteiger partial charge in [-0.15, -0.1) is 0 Å². The van der Waals surface area contributed by atoms with Crippen LogP contribution in [-0.2, 0) is 0 Å². The minimum Gasteiger partial charge on any atom is -0.502 e. The molecule has 15 heavy (non-hydrogen) atoms. The van der Waals surface area contributed by atoms with Crippen LogP contribution in [0, 0.1) is 0 Å². The summed E-state index contributed by atoms with van der Waals surface area (Å²) in [5.41, 5.74) is 5.34. The molecular weight excluding hydrogens is 194 g/mol. The van der Waals surface area contributed by atoms with E-state index in [0.717, 1.165) is 6.42 Å². The van der Waals surface area contributed by atoms with Crippen molar-refractivity contribution < 1.29 is 14.6 Å². The van der Waals surface area contributed by atoms with E-state index in [9.17, 15) is 5.11 Å². The topological polar surface area (TPSA) is 64.7 Å². The third-order valence-electron chi connectivity index (χ3n) is 1.87. The molecule has 4 heteroatoms. The number of hydrogen-bond donors (Lipinski definition) is 2. The van der Waals surface area contributed by atoms with Gasteiger partial charge in [0.1, 0.15) is 0 Å². The number of rotatable bonds is 6. The second-order valence-electron chi connectivity index (χ2n) is 3.03. The molecule has 0 aliphatic carbocycles. The van der Waals surface area contributed by atoms with E-state index in [0.29, 0.717) is 31.3 Å². The number of phenolic OH excluding ortho intramolecular Hbond substituents is 1. The highest BCUT2D eigenvalue weighted by Gasteiger charge is 2.08. The second kappa shape index (κ2) is 6.14. The minimum atomic E-state index is 0.0522. The van der Waals surface area contributed by atoms with E-state index in [4.69, 9.17) is 15.2 Å². The van der Waals surface area contributed by atoms with E-state index >= 15 is 0 Å². The smallest absolute Gasteiger partial charge is 0.200 e. The highest BCUT2D eigenvalue weighted by molar-refractivity contribution is 5.49. The van der Waals surface area contributed by atoms with E-state index in [1.165, 1.54) is 0 Å². The molecule has 4 nitrogen and oxygen atoms in total. The van der Waals surface area contributed by atoms with Crippen molar-refractivity contribution in [3.05, 3.63) is 18.2 Å². The number of ether oxygens (including phenoxy) is 2. The summed E-state index contributed by atoms with van der Waals surface area (Å²) in [6.45, 7) is 3.45. The lowest BCUT2D eigenvalue weighted by atomic mass is 10.3. The van der Waals surface area contributed by atoms with Crippen molar-refractivity contribution >= 4 is 0 Å². The fraction of sp³-hybridized carbons (Fsp3) is 0.455. The summed E-state index contributed by atoms with van der Waals surface area (Å²) >= 11 is 0. The SMILES string of the molecule is CCOc1cccc(OCCCN)c1O. The van der Waals surface area contributed by atoms with Gasteiger partial charge in [0.25, 0.3) is 0 Å². The lowest BCUT2D eigenvalue weighted by Crippen LogP contribution is -2.06. The zero-order valence-electron chi connectivity index (χ0n) is 8.90. The Bertz CT molecular complexity index is 302. The summed E-state index contributed by atoms with van der Waals surface area (Å²) in [5.74, 6) is 0.938. The van der Waals surface area contributed by atoms with Crippen LogP contribution in [0.3, 0.4) is 0 Å². The monoisotopic (exact) mass is 211 g/mol. The van der Waals surface area contributed by atoms with Crippen LogP contribution in [0.4, 0.5) is 0 Å². The molecule has 0 amide bonds. The Morgan fingerprint density at radius 2 is 1.93 bits per heavy atom. The van der Waals surface area contributed by atoms with Gasteiger partial charge < -0.3 is 20.3 Å². The van der Waals surface area contributed by atoms with Crippen LogP contribution in [0.2, 0.25) is 0 Å². The Hall–Kier alpha value is -1.42. The number of benzene rings is 1. The molecule has 0 unspecified atom stereocenters. The molecule has 0 bridgehead atoms. The molecular formula is C11H17NO3. The number of para-hydroxylation sites is 1. The number of aromatic hydroxyl groups is 1. The van der Waals surface area contributed by atoms with Gasteiger partial charge in [0.2, 0.25) is 5.75 Å². The molecule has 84 valence electrons. The predicted molar refractivity (Wildman–Crippen MR) is 58.4 cm³/mol. The van der Waals surface area contributed by atoms with Gasteiger partial charge in [-0.05, 0) is 32.0 Å². The molecule has 0 aromatic heterocycles. The van der Waals surface area contributed by atoms with Gasteiger partial charge in [-0.25, -0.2) is 0 Å². The van der Waals surface area contributed by atoms with E-state index in [-0.39, 0.29) is 5.75 Å². The van der Waals surface area contributed by atoms with Crippen molar-refractivity contribution in [3.63, 3.8) is 0 Å². The van der Waals surface area contributed by atoms with Gasteiger partial charge >= 0.3 is 0 Å². The summed E-state index contributed by atoms with van der Waals surface area (Å²) in [7, 11) is 0. The van der Waals surface area contributed by atoms with Crippen molar-refractivity contribution in [1.82, 2.24) is 0 Å². The lowest BCUT2D eigenvalue weighted by Gasteiger charge is -2.10. The molecule has 0 saturated heterocycles. The number of hydrogen-bond acceptors (Lipinski definition) is 4. The van der Waals surface area contributed by atoms with Gasteiger partial charge in [0.05, 0.1) is 13.2 Å². The van der Waals surface area contributed by atoms with Crippen LogP contribution >= 0.6 is 0 Å². The highest BCUT2D eigenvalue weighted by Crippen LogP contribution is 2.35. The van der Waals surface area contributed by atoms with Crippen molar-refractivity contribution in [2.45, 2.75) is 13.3 Å². The molecule has 1 rings (SSSR count). The fourth-order valence-corrected chi connectivity index (χ4v) is 1.16. The minimum absolute atomic E-state index is 0.0522. The average molecular weight is 211 g/mol. The molecule has 0 atom stereocenters. The summed E-state index contributed by atoms with van der Waals surface area (Å²) in [6.07, 6.45) is 0.762. The number of phenols is 1. The fourth-order valence-electron chi connectivity index (χ4n) is 1.16. The van der Waals surface area contributed by atoms with Gasteiger partial charge in [0.15, 0.2) is 11.5 Å². The van der Waals surface area contributed by atoms with Crippen LogP contribution in [0.1, 0.15) is 13.3 Å². The second-order valence-corrected chi connectivity index (χ2v) is 3.03. The molecule has 0 radical (unpaired) electrons. The Morgan fingerprint density at radius 1 is 1.27 bits per heavy atom. The molecule has 1 aromatic carbocycles. The maximum Gasteiger partial charge on any atom is 0.200 e. The highest BCUT2D eigenvalue weighted by atomic mass is 16.5. The third-order valence-corrected chi connectivity index (χ3v) is 1.87. The third kappa shape index (κ3) is 3.32. The Balaban J connectivity index is 2.66. The maximum absolute atomic E-state index is 9.74. The van der Waals surface area contributed by atoms with Crippen molar-refractivity contribution in [2.24, 2.45) is 5.73 Å². The summed E-state index contributed by atoms with van der Waals surface area (Å²) in [5, 5.41) is 9.74. The van der Waals surface area contributed by atoms with Crippen LogP contribution < -0.4 is 15.2 Å². The van der Waals surface area contributed by atoms with Crippen molar-refractivity contribution in [2.75, 3.05) is 19.8 Å². The molecule has 3 N–H and O–H groups in total. The van der Waals surface area contributed by atoms with E-state index in [2.05, 4.69) is 0 Å². The average Bonchev–Trinajstić information content (AvgIpc) is 2.24. The summed E-state index contributed by atoms with van der Waals surface area (Å²) in [4.78, 5) is 0. The molecule has 0 aliphatic rings. The van der Waals surface area contributed by atoms with E-state index in [1.807, 2.05) is 6.92 Å². The van der Waals surface area contributed by atoms with Crippen LogP contribution in [-0.4, -0.2) is 24.9 Å². The van der Waals surface area contributed by atoms with E-state index in [1.54, 1.807) is 18.2 Å². The molecule has 0 heterocycles. The molecule has 0 fully saturated rings. The molecule has 0 spiro atoms. The first-order valence-corrected chi connectivity index (χ1v) is 5.07. The normalized spacial score (nSPS) is 10.0. The van der Waals surface area contributed by atoms with Crippen LogP contribution in [0.5, 0.6) is 17.2 Å². The van der Waals surface area contributed by atoms with Crippen LogP contribution in [0.15, 0.2) is 18.2 Å². The Labute approximate surface area is 89.6 Å². The first-order valence-electron chi connectivity index (χ1n) is 5.07. The standard InChI is InChI=1S/C11H17NO3/c1-2-14-9-5-3-6-10(11(9)13)15-8-4-7-12/h3,5-6,13H,2,4,7-8,12H2,1H3. The van der Waals surface area contributed by atoms with Crippen LogP contribution in [0.25, 0.3) is 0 Å². The molecule has 0 saturated carbocycles. The predicted octanol–water partition coefficient (Wildman–Crippen LogP) is 1.52.